The van der Waals surface area contributed by atoms with E-state index in [-0.39, 0.29) is 0 Å². The molecule has 41 heavy (non-hydrogen) atoms. The number of rotatable bonds is 4. The molecule has 10 unspecified atom stereocenters. The molecule has 8 rings (SSSR count). The van der Waals surface area contributed by atoms with Crippen LogP contribution in [0.3, 0.4) is 0 Å². The van der Waals surface area contributed by atoms with Gasteiger partial charge in [-0.15, -0.1) is 0 Å². The van der Waals surface area contributed by atoms with E-state index in [4.69, 9.17) is 4.74 Å². The van der Waals surface area contributed by atoms with Gasteiger partial charge in [0.25, 0.3) is 0 Å². The lowest BCUT2D eigenvalue weighted by Crippen LogP contribution is -2.72. The molecule has 6 aliphatic carbocycles. The lowest BCUT2D eigenvalue weighted by molar-refractivity contribution is -0.0861. The van der Waals surface area contributed by atoms with Crippen LogP contribution in [0, 0.1) is 53.3 Å². The average molecular weight is 566 g/mol. The second kappa shape index (κ2) is 12.7. The van der Waals surface area contributed by atoms with Crippen molar-refractivity contribution in [1.82, 2.24) is 16.0 Å². The van der Waals surface area contributed by atoms with Gasteiger partial charge in [-0.2, -0.15) is 0 Å². The lowest BCUT2D eigenvalue weighted by Gasteiger charge is -2.51. The number of fused-ring (bicyclic) bond motifs is 5. The number of hydrogen-bond donors (Lipinski definition) is 3. The fourth-order valence-electron chi connectivity index (χ4n) is 12.6. The minimum Gasteiger partial charge on any atom is -0.374 e. The molecular weight excluding hydrogens is 502 g/mol. The Labute approximate surface area is 252 Å². The zero-order valence-corrected chi connectivity index (χ0v) is 26.3. The summed E-state index contributed by atoms with van der Waals surface area (Å²) in [5, 5.41) is 12.7. The third-order valence-electron chi connectivity index (χ3n) is 14.6. The Morgan fingerprint density at radius 3 is 1.46 bits per heavy atom. The van der Waals surface area contributed by atoms with Crippen LogP contribution in [-0.2, 0) is 4.74 Å². The van der Waals surface area contributed by atoms with Crippen LogP contribution in [0.4, 0.5) is 0 Å². The van der Waals surface area contributed by atoms with Crippen LogP contribution in [0.15, 0.2) is 0 Å². The van der Waals surface area contributed by atoms with Crippen LogP contribution >= 0.6 is 0 Å². The van der Waals surface area contributed by atoms with E-state index in [1.54, 1.807) is 0 Å². The van der Waals surface area contributed by atoms with Crippen molar-refractivity contribution in [3.63, 3.8) is 0 Å². The SMILES string of the molecule is C1CCC(C2NC(C3CCCCC3)NC(C3CCC4OC5C(CC(C6CCCCC6)C6CCCCC65)C4C3)N2)CC1. The molecule has 4 nitrogen and oxygen atoms in total. The number of hydrogen-bond acceptors (Lipinski definition) is 4. The summed E-state index contributed by atoms with van der Waals surface area (Å²) in [5.41, 5.74) is 0. The molecule has 10 atom stereocenters. The van der Waals surface area contributed by atoms with Crippen LogP contribution in [0.1, 0.15) is 148 Å². The minimum atomic E-state index is 0.496. The molecule has 2 aliphatic heterocycles. The van der Waals surface area contributed by atoms with Crippen molar-refractivity contribution in [3.8, 4) is 0 Å². The van der Waals surface area contributed by atoms with Gasteiger partial charge in [0, 0.05) is 0 Å². The molecule has 232 valence electrons. The molecule has 0 aromatic carbocycles. The zero-order valence-electron chi connectivity index (χ0n) is 26.3. The van der Waals surface area contributed by atoms with Crippen LogP contribution in [0.25, 0.3) is 0 Å². The summed E-state index contributed by atoms with van der Waals surface area (Å²) in [6.07, 6.45) is 36.2. The van der Waals surface area contributed by atoms with E-state index in [0.717, 1.165) is 53.3 Å². The highest BCUT2D eigenvalue weighted by Crippen LogP contribution is 2.59. The van der Waals surface area contributed by atoms with Crippen LogP contribution in [0.2, 0.25) is 0 Å². The molecule has 0 aromatic rings. The van der Waals surface area contributed by atoms with Gasteiger partial charge in [-0.3, -0.25) is 16.0 Å². The summed E-state index contributed by atoms with van der Waals surface area (Å²) in [6.45, 7) is 0. The Bertz CT molecular complexity index is 821. The highest BCUT2D eigenvalue weighted by molar-refractivity contribution is 5.06. The van der Waals surface area contributed by atoms with Gasteiger partial charge >= 0.3 is 0 Å². The summed E-state index contributed by atoms with van der Waals surface area (Å²) >= 11 is 0. The fourth-order valence-corrected chi connectivity index (χ4v) is 12.6. The molecule has 0 aromatic heterocycles. The maximum atomic E-state index is 7.19. The second-order valence-corrected chi connectivity index (χ2v) is 16.7. The summed E-state index contributed by atoms with van der Waals surface area (Å²) in [6, 6.07) is 0. The quantitative estimate of drug-likeness (QED) is 0.322. The highest BCUT2D eigenvalue weighted by atomic mass is 16.5. The standard InChI is InChI=1S/C37H63N3O/c1-4-12-24(13-5-1)30-23-32-31-22-27(20-21-33(31)41-34(32)29-19-11-10-18-28(29)30)37-39-35(25-14-6-2-7-15-25)38-36(40-37)26-16-8-3-9-17-26/h24-40H,1-23H2. The number of nitrogens with one attached hydrogen (secondary N) is 3. The summed E-state index contributed by atoms with van der Waals surface area (Å²) in [5.74, 6) is 8.05. The van der Waals surface area contributed by atoms with E-state index in [1.165, 1.54) is 148 Å². The van der Waals surface area contributed by atoms with Crippen molar-refractivity contribution >= 4 is 0 Å². The topological polar surface area (TPSA) is 45.3 Å². The fraction of sp³-hybridized carbons (Fsp3) is 1.00. The lowest BCUT2D eigenvalue weighted by atomic mass is 9.54. The Balaban J connectivity index is 0.997. The van der Waals surface area contributed by atoms with E-state index in [9.17, 15) is 0 Å². The smallest absolute Gasteiger partial charge is 0.0641 e. The molecule has 2 saturated heterocycles. The molecule has 8 aliphatic rings. The van der Waals surface area contributed by atoms with Gasteiger partial charge in [0.1, 0.15) is 0 Å². The molecule has 0 bridgehead atoms. The van der Waals surface area contributed by atoms with Crippen LogP contribution < -0.4 is 16.0 Å². The maximum Gasteiger partial charge on any atom is 0.0641 e. The van der Waals surface area contributed by atoms with Crippen molar-refractivity contribution in [1.29, 1.82) is 0 Å². The average Bonchev–Trinajstić information content (AvgIpc) is 3.43. The minimum absolute atomic E-state index is 0.496. The first-order chi connectivity index (χ1) is 20.3. The first-order valence-corrected chi connectivity index (χ1v) is 19.3. The Morgan fingerprint density at radius 1 is 0.341 bits per heavy atom. The Morgan fingerprint density at radius 2 is 0.854 bits per heavy atom. The summed E-state index contributed by atoms with van der Waals surface area (Å²) in [7, 11) is 0. The molecule has 0 radical (unpaired) electrons. The first kappa shape index (κ1) is 28.3. The third-order valence-corrected chi connectivity index (χ3v) is 14.6. The molecule has 2 heterocycles. The predicted molar refractivity (Wildman–Crippen MR) is 167 cm³/mol. The van der Waals surface area contributed by atoms with E-state index >= 15 is 0 Å². The van der Waals surface area contributed by atoms with E-state index in [2.05, 4.69) is 16.0 Å². The molecule has 6 saturated carbocycles. The normalized spacial score (nSPS) is 48.7. The molecule has 0 spiro atoms. The van der Waals surface area contributed by atoms with Gasteiger partial charge in [0.15, 0.2) is 0 Å². The molecule has 8 fully saturated rings. The van der Waals surface area contributed by atoms with Gasteiger partial charge in [0.2, 0.25) is 0 Å². The largest absolute Gasteiger partial charge is 0.374 e. The van der Waals surface area contributed by atoms with Gasteiger partial charge in [-0.25, -0.2) is 0 Å². The van der Waals surface area contributed by atoms with Gasteiger partial charge < -0.3 is 4.74 Å². The zero-order chi connectivity index (χ0) is 27.2. The van der Waals surface area contributed by atoms with Gasteiger partial charge in [0.05, 0.1) is 30.7 Å². The van der Waals surface area contributed by atoms with Crippen LogP contribution in [-0.4, -0.2) is 30.7 Å². The van der Waals surface area contributed by atoms with Gasteiger partial charge in [-0.05, 0) is 117 Å². The van der Waals surface area contributed by atoms with Crippen molar-refractivity contribution in [2.45, 2.75) is 178 Å². The van der Waals surface area contributed by atoms with E-state index in [1.807, 2.05) is 0 Å². The van der Waals surface area contributed by atoms with Crippen molar-refractivity contribution in [3.05, 3.63) is 0 Å². The monoisotopic (exact) mass is 565 g/mol. The van der Waals surface area contributed by atoms with Crippen molar-refractivity contribution in [2.24, 2.45) is 53.3 Å². The van der Waals surface area contributed by atoms with Crippen LogP contribution in [0.5, 0.6) is 0 Å². The van der Waals surface area contributed by atoms with Gasteiger partial charge in [-0.1, -0.05) is 83.5 Å². The Hall–Kier alpha value is -0.160. The Kier molecular flexibility index (Phi) is 8.76. The first-order valence-electron chi connectivity index (χ1n) is 19.3. The molecule has 3 N–H and O–H groups in total. The molecule has 0 amide bonds. The molecular formula is C37H63N3O. The molecule has 4 heteroatoms. The van der Waals surface area contributed by atoms with Crippen molar-refractivity contribution < 1.29 is 4.74 Å². The van der Waals surface area contributed by atoms with E-state index in [0.29, 0.717) is 30.7 Å². The maximum absolute atomic E-state index is 7.19. The highest BCUT2D eigenvalue weighted by Gasteiger charge is 2.57. The second-order valence-electron chi connectivity index (χ2n) is 16.7. The summed E-state index contributed by atoms with van der Waals surface area (Å²) < 4.78 is 7.19. The number of ether oxygens (including phenoxy) is 1. The predicted octanol–water partition coefficient (Wildman–Crippen LogP) is 8.11. The third kappa shape index (κ3) is 5.72. The van der Waals surface area contributed by atoms with Crippen molar-refractivity contribution in [2.75, 3.05) is 0 Å². The summed E-state index contributed by atoms with van der Waals surface area (Å²) in [4.78, 5) is 0. The van der Waals surface area contributed by atoms with E-state index < -0.39 is 0 Å².